The quantitative estimate of drug-likeness (QED) is 0.393. The van der Waals surface area contributed by atoms with Gasteiger partial charge in [0.2, 0.25) is 5.91 Å². The second kappa shape index (κ2) is 6.06. The molecule has 64 valence electrons. The minimum absolute atomic E-state index is 0.132. The second-order valence-electron chi connectivity index (χ2n) is 2.15. The van der Waals surface area contributed by atoms with Crippen LogP contribution in [0.25, 0.3) is 0 Å². The van der Waals surface area contributed by atoms with E-state index < -0.39 is 0 Å². The topological polar surface area (TPSA) is 67.1 Å². The molecule has 1 fully saturated rings. The summed E-state index contributed by atoms with van der Waals surface area (Å²) >= 11 is 4.05. The van der Waals surface area contributed by atoms with Crippen LogP contribution in [-0.4, -0.2) is 18.4 Å². The molecule has 0 unspecified atom stereocenters. The van der Waals surface area contributed by atoms with Crippen LogP contribution >= 0.6 is 12.2 Å². The zero-order chi connectivity index (χ0) is 8.69. The molecule has 0 bridgehead atoms. The summed E-state index contributed by atoms with van der Waals surface area (Å²) < 4.78 is 0. The lowest BCUT2D eigenvalue weighted by Crippen LogP contribution is -2.35. The summed E-state index contributed by atoms with van der Waals surface area (Å²) in [5, 5.41) is 0. The van der Waals surface area contributed by atoms with Gasteiger partial charge in [-0.1, -0.05) is 12.2 Å². The van der Waals surface area contributed by atoms with E-state index in [1.54, 1.807) is 7.05 Å². The predicted molar refractivity (Wildman–Crippen MR) is 47.8 cm³/mol. The molecule has 0 aliphatic heterocycles. The molecule has 1 aliphatic carbocycles. The molecule has 0 radical (unpaired) electrons. The van der Waals surface area contributed by atoms with Crippen LogP contribution in [0.1, 0.15) is 12.8 Å². The highest BCUT2D eigenvalue weighted by Gasteiger charge is 2.28. The second-order valence-corrected chi connectivity index (χ2v) is 2.42. The number of nitrogens with one attached hydrogen (secondary N) is 2. The Morgan fingerprint density at radius 3 is 2.45 bits per heavy atom. The molecule has 0 aromatic rings. The van der Waals surface area contributed by atoms with Crippen molar-refractivity contribution in [3.63, 3.8) is 0 Å². The number of thiocarbonyl (C=S) groups is 1. The lowest BCUT2D eigenvalue weighted by atomic mass is 10.4. The van der Waals surface area contributed by atoms with Crippen molar-refractivity contribution in [2.75, 3.05) is 7.05 Å². The molecular formula is C6H13N3OS. The van der Waals surface area contributed by atoms with Crippen molar-refractivity contribution in [2.24, 2.45) is 11.7 Å². The van der Waals surface area contributed by atoms with Gasteiger partial charge in [-0.15, -0.1) is 0 Å². The Hall–Kier alpha value is -0.680. The highest BCUT2D eigenvalue weighted by atomic mass is 32.1. The third kappa shape index (κ3) is 5.75. The standard InChI is InChI=1S/C5H10N2O.CH3NS/c1-6-7-5(8)4-2-3-4;2-1-3/h4,6H,2-3H2,1H3,(H,7,8);1H,(H2,2,3). The van der Waals surface area contributed by atoms with Crippen molar-refractivity contribution in [1.29, 1.82) is 0 Å². The Balaban J connectivity index is 0.000000292. The van der Waals surface area contributed by atoms with E-state index in [2.05, 4.69) is 28.8 Å². The number of hydrogen-bond acceptors (Lipinski definition) is 3. The zero-order valence-corrected chi connectivity index (χ0v) is 7.28. The largest absolute Gasteiger partial charge is 0.396 e. The highest BCUT2D eigenvalue weighted by Crippen LogP contribution is 2.28. The van der Waals surface area contributed by atoms with Gasteiger partial charge in [0.15, 0.2) is 0 Å². The Kier molecular flexibility index (Phi) is 5.68. The maximum absolute atomic E-state index is 10.6. The number of hydrogen-bond donors (Lipinski definition) is 3. The van der Waals surface area contributed by atoms with Crippen LogP contribution in [0.4, 0.5) is 0 Å². The molecule has 0 saturated heterocycles. The average molecular weight is 175 g/mol. The molecule has 1 rings (SSSR count). The van der Waals surface area contributed by atoms with Crippen molar-refractivity contribution < 1.29 is 4.79 Å². The van der Waals surface area contributed by atoms with Crippen molar-refractivity contribution in [1.82, 2.24) is 10.9 Å². The Bertz CT molecular complexity index is 136. The minimum atomic E-state index is 0.132. The van der Waals surface area contributed by atoms with Gasteiger partial charge in [-0.05, 0) is 12.8 Å². The number of amides is 1. The molecule has 0 aromatic carbocycles. The van der Waals surface area contributed by atoms with Crippen LogP contribution in [0.15, 0.2) is 0 Å². The third-order valence-electron chi connectivity index (χ3n) is 1.20. The SMILES string of the molecule is CNNC(=O)C1CC1.NC=S. The summed E-state index contributed by atoms with van der Waals surface area (Å²) in [4.78, 5) is 10.6. The van der Waals surface area contributed by atoms with Gasteiger partial charge in [-0.25, -0.2) is 5.43 Å². The Morgan fingerprint density at radius 1 is 1.73 bits per heavy atom. The van der Waals surface area contributed by atoms with Crippen molar-refractivity contribution >= 4 is 23.6 Å². The van der Waals surface area contributed by atoms with Crippen molar-refractivity contribution in [3.8, 4) is 0 Å². The van der Waals surface area contributed by atoms with Crippen molar-refractivity contribution in [3.05, 3.63) is 0 Å². The van der Waals surface area contributed by atoms with Gasteiger partial charge >= 0.3 is 0 Å². The summed E-state index contributed by atoms with van der Waals surface area (Å²) in [5.74, 6) is 0.440. The first-order valence-corrected chi connectivity index (χ1v) is 3.85. The van der Waals surface area contributed by atoms with E-state index in [1.807, 2.05) is 0 Å². The first-order valence-electron chi connectivity index (χ1n) is 3.38. The van der Waals surface area contributed by atoms with Crippen molar-refractivity contribution in [2.45, 2.75) is 12.8 Å². The van der Waals surface area contributed by atoms with E-state index in [-0.39, 0.29) is 5.91 Å². The van der Waals surface area contributed by atoms with Gasteiger partial charge in [0, 0.05) is 13.0 Å². The molecule has 1 amide bonds. The molecule has 0 aromatic heterocycles. The maximum atomic E-state index is 10.6. The molecule has 0 spiro atoms. The van der Waals surface area contributed by atoms with Gasteiger partial charge in [-0.3, -0.25) is 10.2 Å². The zero-order valence-electron chi connectivity index (χ0n) is 6.46. The maximum Gasteiger partial charge on any atom is 0.237 e. The summed E-state index contributed by atoms with van der Waals surface area (Å²) in [5.41, 5.74) is 10.7. The Morgan fingerprint density at radius 2 is 2.18 bits per heavy atom. The molecule has 1 aliphatic rings. The fourth-order valence-corrected chi connectivity index (χ4v) is 0.571. The molecule has 0 atom stereocenters. The van der Waals surface area contributed by atoms with E-state index in [4.69, 9.17) is 0 Å². The summed E-state index contributed by atoms with van der Waals surface area (Å²) in [6.07, 6.45) is 2.13. The lowest BCUT2D eigenvalue weighted by molar-refractivity contribution is -0.123. The molecule has 4 N–H and O–H groups in total. The van der Waals surface area contributed by atoms with E-state index in [0.29, 0.717) is 5.92 Å². The van der Waals surface area contributed by atoms with Crippen LogP contribution in [0.3, 0.4) is 0 Å². The van der Waals surface area contributed by atoms with Crippen LogP contribution < -0.4 is 16.6 Å². The van der Waals surface area contributed by atoms with Gasteiger partial charge < -0.3 is 5.73 Å². The molecule has 4 nitrogen and oxygen atoms in total. The van der Waals surface area contributed by atoms with Gasteiger partial charge in [-0.2, -0.15) is 0 Å². The van der Waals surface area contributed by atoms with Gasteiger partial charge in [0.25, 0.3) is 0 Å². The smallest absolute Gasteiger partial charge is 0.237 e. The fourth-order valence-electron chi connectivity index (χ4n) is 0.571. The predicted octanol–water partition coefficient (Wildman–Crippen LogP) is -0.451. The summed E-state index contributed by atoms with van der Waals surface area (Å²) in [6, 6.07) is 0. The molecule has 5 heteroatoms. The Labute approximate surface area is 71.5 Å². The summed E-state index contributed by atoms with van der Waals surface area (Å²) in [7, 11) is 1.69. The molecular weight excluding hydrogens is 162 g/mol. The van der Waals surface area contributed by atoms with E-state index in [1.165, 1.54) is 0 Å². The van der Waals surface area contributed by atoms with E-state index in [0.717, 1.165) is 18.3 Å². The molecule has 1 saturated carbocycles. The average Bonchev–Trinajstić information content (AvgIpc) is 2.70. The third-order valence-corrected chi connectivity index (χ3v) is 1.20. The molecule has 11 heavy (non-hydrogen) atoms. The number of carbonyl (C=O) groups is 1. The number of rotatable bonds is 2. The first-order chi connectivity index (χ1) is 5.26. The summed E-state index contributed by atoms with van der Waals surface area (Å²) in [6.45, 7) is 0. The van der Waals surface area contributed by atoms with Crippen LogP contribution in [0.5, 0.6) is 0 Å². The normalized spacial score (nSPS) is 14.3. The minimum Gasteiger partial charge on any atom is -0.396 e. The lowest BCUT2D eigenvalue weighted by Gasteiger charge is -1.97. The van der Waals surface area contributed by atoms with E-state index >= 15 is 0 Å². The van der Waals surface area contributed by atoms with Gasteiger partial charge in [0.05, 0.1) is 5.49 Å². The highest BCUT2D eigenvalue weighted by molar-refractivity contribution is 7.78. The van der Waals surface area contributed by atoms with Gasteiger partial charge in [0.1, 0.15) is 0 Å². The number of nitrogens with two attached hydrogens (primary N) is 1. The monoisotopic (exact) mass is 175 g/mol. The first kappa shape index (κ1) is 10.3. The van der Waals surface area contributed by atoms with E-state index in [9.17, 15) is 4.79 Å². The number of hydrazine groups is 1. The fraction of sp³-hybridized carbons (Fsp3) is 0.667. The van der Waals surface area contributed by atoms with Crippen LogP contribution in [0, 0.1) is 5.92 Å². The number of carbonyl (C=O) groups excluding carboxylic acids is 1. The van der Waals surface area contributed by atoms with Crippen LogP contribution in [-0.2, 0) is 4.79 Å². The molecule has 0 heterocycles. The van der Waals surface area contributed by atoms with Crippen LogP contribution in [0.2, 0.25) is 0 Å².